The lowest BCUT2D eigenvalue weighted by Gasteiger charge is -2.37. The van der Waals surface area contributed by atoms with Gasteiger partial charge < -0.3 is 15.1 Å². The topological polar surface area (TPSA) is 43.7 Å². The number of hydrogen-bond acceptors (Lipinski definition) is 3. The zero-order valence-electron chi connectivity index (χ0n) is 9.99. The van der Waals surface area contributed by atoms with Crippen molar-refractivity contribution >= 4 is 5.69 Å². The summed E-state index contributed by atoms with van der Waals surface area (Å²) in [5, 5.41) is 19.1. The molecule has 3 nitrogen and oxygen atoms in total. The van der Waals surface area contributed by atoms with Gasteiger partial charge in [-0.15, -0.1) is 0 Å². The Morgan fingerprint density at radius 1 is 1.35 bits per heavy atom. The van der Waals surface area contributed by atoms with Crippen molar-refractivity contribution in [3.63, 3.8) is 0 Å². The van der Waals surface area contributed by atoms with E-state index in [9.17, 15) is 14.6 Å². The van der Waals surface area contributed by atoms with Gasteiger partial charge in [0.05, 0.1) is 12.2 Å². The Kier molecular flexibility index (Phi) is 3.35. The fraction of sp³-hybridized carbons (Fsp3) is 0.538. The van der Waals surface area contributed by atoms with Crippen LogP contribution < -0.4 is 4.90 Å². The highest BCUT2D eigenvalue weighted by molar-refractivity contribution is 5.54. The van der Waals surface area contributed by atoms with Gasteiger partial charge in [0.25, 0.3) is 0 Å². The third kappa shape index (κ3) is 2.76. The number of halogens is 1. The molecule has 0 atom stereocenters. The molecule has 1 aliphatic heterocycles. The van der Waals surface area contributed by atoms with Crippen molar-refractivity contribution in [3.8, 4) is 0 Å². The molecule has 1 saturated heterocycles. The molecule has 1 fully saturated rings. The van der Waals surface area contributed by atoms with E-state index >= 15 is 0 Å². The summed E-state index contributed by atoms with van der Waals surface area (Å²) in [5.41, 5.74) is 0.867. The molecule has 17 heavy (non-hydrogen) atoms. The van der Waals surface area contributed by atoms with Gasteiger partial charge in [-0.05, 0) is 38.0 Å². The van der Waals surface area contributed by atoms with Crippen LogP contribution in [-0.4, -0.2) is 28.9 Å². The van der Waals surface area contributed by atoms with E-state index < -0.39 is 5.60 Å². The molecule has 94 valence electrons. The maximum absolute atomic E-state index is 13.1. The number of rotatable bonds is 2. The molecule has 0 saturated carbocycles. The lowest BCUT2D eigenvalue weighted by atomic mass is 9.93. The molecule has 0 aliphatic carbocycles. The minimum atomic E-state index is -0.601. The van der Waals surface area contributed by atoms with E-state index in [0.29, 0.717) is 18.4 Å². The van der Waals surface area contributed by atoms with Crippen LogP contribution in [0.3, 0.4) is 0 Å². The monoisotopic (exact) mass is 239 g/mol. The normalized spacial score (nSPS) is 19.4. The molecule has 1 aromatic carbocycles. The number of anilines is 1. The number of benzene rings is 1. The smallest absolute Gasteiger partial charge is 0.123 e. The van der Waals surface area contributed by atoms with Gasteiger partial charge in [0, 0.05) is 24.3 Å². The van der Waals surface area contributed by atoms with Crippen LogP contribution in [-0.2, 0) is 6.61 Å². The Bertz CT molecular complexity index is 396. The number of hydrogen-bond donors (Lipinski definition) is 2. The predicted octanol–water partition coefficient (Wildman–Crippen LogP) is 1.67. The van der Waals surface area contributed by atoms with Crippen molar-refractivity contribution in [3.05, 3.63) is 29.6 Å². The van der Waals surface area contributed by atoms with Crippen molar-refractivity contribution in [2.75, 3.05) is 18.0 Å². The lowest BCUT2D eigenvalue weighted by molar-refractivity contribution is 0.0351. The minimum absolute atomic E-state index is 0.167. The Morgan fingerprint density at radius 2 is 2.00 bits per heavy atom. The SMILES string of the molecule is CC1(O)CCN(c2ccc(F)cc2CO)CC1. The standard InChI is InChI=1S/C13H18FNO2/c1-13(17)4-6-15(7-5-13)12-3-2-11(14)8-10(12)9-16/h2-3,8,16-17H,4-7,9H2,1H3. The summed E-state index contributed by atoms with van der Waals surface area (Å²) < 4.78 is 13.1. The van der Waals surface area contributed by atoms with Crippen LogP contribution in [0, 0.1) is 5.82 Å². The second kappa shape index (κ2) is 4.63. The Hall–Kier alpha value is -1.13. The number of aliphatic hydroxyl groups is 2. The van der Waals surface area contributed by atoms with Crippen LogP contribution in [0.15, 0.2) is 18.2 Å². The summed E-state index contributed by atoms with van der Waals surface area (Å²) in [7, 11) is 0. The van der Waals surface area contributed by atoms with Crippen LogP contribution in [0.2, 0.25) is 0 Å². The lowest BCUT2D eigenvalue weighted by Crippen LogP contribution is -2.42. The highest BCUT2D eigenvalue weighted by atomic mass is 19.1. The molecule has 0 amide bonds. The molecular weight excluding hydrogens is 221 g/mol. The van der Waals surface area contributed by atoms with E-state index in [1.807, 2.05) is 6.92 Å². The highest BCUT2D eigenvalue weighted by Gasteiger charge is 2.28. The summed E-state index contributed by atoms with van der Waals surface area (Å²) in [4.78, 5) is 2.09. The third-order valence-corrected chi connectivity index (χ3v) is 3.39. The Labute approximate surface area is 100 Å². The maximum atomic E-state index is 13.1. The van der Waals surface area contributed by atoms with Gasteiger partial charge in [0.1, 0.15) is 5.82 Å². The average Bonchev–Trinajstić information content (AvgIpc) is 2.29. The largest absolute Gasteiger partial charge is 0.392 e. The van der Waals surface area contributed by atoms with Crippen molar-refractivity contribution in [1.29, 1.82) is 0 Å². The van der Waals surface area contributed by atoms with Crippen LogP contribution in [0.4, 0.5) is 10.1 Å². The van der Waals surface area contributed by atoms with Crippen LogP contribution in [0.25, 0.3) is 0 Å². The number of nitrogens with zero attached hydrogens (tertiary/aromatic N) is 1. The Morgan fingerprint density at radius 3 is 2.59 bits per heavy atom. The molecule has 0 spiro atoms. The molecule has 2 N–H and O–H groups in total. The second-order valence-electron chi connectivity index (χ2n) is 4.92. The van der Waals surface area contributed by atoms with Crippen molar-refractivity contribution in [1.82, 2.24) is 0 Å². The summed E-state index contributed by atoms with van der Waals surface area (Å²) in [6, 6.07) is 4.46. The minimum Gasteiger partial charge on any atom is -0.392 e. The highest BCUT2D eigenvalue weighted by Crippen LogP contribution is 2.28. The van der Waals surface area contributed by atoms with Crippen LogP contribution in [0.1, 0.15) is 25.3 Å². The fourth-order valence-corrected chi connectivity index (χ4v) is 2.22. The van der Waals surface area contributed by atoms with E-state index in [4.69, 9.17) is 0 Å². The van der Waals surface area contributed by atoms with Gasteiger partial charge in [-0.3, -0.25) is 0 Å². The van der Waals surface area contributed by atoms with Gasteiger partial charge >= 0.3 is 0 Å². The number of piperidine rings is 1. The van der Waals surface area contributed by atoms with Crippen molar-refractivity contribution in [2.24, 2.45) is 0 Å². The predicted molar refractivity (Wildman–Crippen MR) is 64.4 cm³/mol. The maximum Gasteiger partial charge on any atom is 0.123 e. The van der Waals surface area contributed by atoms with E-state index in [2.05, 4.69) is 4.90 Å². The first-order chi connectivity index (χ1) is 8.02. The molecule has 1 aliphatic rings. The molecule has 1 heterocycles. The van der Waals surface area contributed by atoms with Gasteiger partial charge in [-0.2, -0.15) is 0 Å². The van der Waals surface area contributed by atoms with Gasteiger partial charge in [0.15, 0.2) is 0 Å². The average molecular weight is 239 g/mol. The molecular formula is C13H18FNO2. The van der Waals surface area contributed by atoms with Crippen LogP contribution >= 0.6 is 0 Å². The summed E-state index contributed by atoms with van der Waals surface area (Å²) in [6.07, 6.45) is 1.38. The number of aliphatic hydroxyl groups excluding tert-OH is 1. The third-order valence-electron chi connectivity index (χ3n) is 3.39. The summed E-state index contributed by atoms with van der Waals surface area (Å²) in [6.45, 7) is 3.12. The van der Waals surface area contributed by atoms with Gasteiger partial charge in [-0.1, -0.05) is 0 Å². The van der Waals surface area contributed by atoms with E-state index in [0.717, 1.165) is 18.8 Å². The van der Waals surface area contributed by atoms with Crippen molar-refractivity contribution < 1.29 is 14.6 Å². The quantitative estimate of drug-likeness (QED) is 0.825. The molecule has 0 radical (unpaired) electrons. The molecule has 0 bridgehead atoms. The molecule has 0 aromatic heterocycles. The van der Waals surface area contributed by atoms with Gasteiger partial charge in [0.2, 0.25) is 0 Å². The Balaban J connectivity index is 2.18. The molecule has 1 aromatic rings. The zero-order valence-corrected chi connectivity index (χ0v) is 9.99. The van der Waals surface area contributed by atoms with E-state index in [1.165, 1.54) is 12.1 Å². The summed E-state index contributed by atoms with van der Waals surface area (Å²) >= 11 is 0. The second-order valence-corrected chi connectivity index (χ2v) is 4.92. The first-order valence-corrected chi connectivity index (χ1v) is 5.88. The zero-order chi connectivity index (χ0) is 12.5. The first-order valence-electron chi connectivity index (χ1n) is 5.88. The molecule has 0 unspecified atom stereocenters. The molecule has 4 heteroatoms. The molecule has 2 rings (SSSR count). The van der Waals surface area contributed by atoms with Crippen LogP contribution in [0.5, 0.6) is 0 Å². The first kappa shape index (κ1) is 12.3. The van der Waals surface area contributed by atoms with Gasteiger partial charge in [-0.25, -0.2) is 4.39 Å². The van der Waals surface area contributed by atoms with E-state index in [-0.39, 0.29) is 12.4 Å². The summed E-state index contributed by atoms with van der Waals surface area (Å²) in [5.74, 6) is -0.332. The fourth-order valence-electron chi connectivity index (χ4n) is 2.22. The van der Waals surface area contributed by atoms with Crippen molar-refractivity contribution in [2.45, 2.75) is 32.0 Å². The van der Waals surface area contributed by atoms with E-state index in [1.54, 1.807) is 6.07 Å².